The van der Waals surface area contributed by atoms with Gasteiger partial charge in [-0.1, -0.05) is 38.7 Å². The zero-order valence-electron chi connectivity index (χ0n) is 12.7. The second-order valence-electron chi connectivity index (χ2n) is 5.28. The van der Waals surface area contributed by atoms with Crippen LogP contribution in [0, 0.1) is 0 Å². The summed E-state index contributed by atoms with van der Waals surface area (Å²) in [6, 6.07) is 0. The van der Waals surface area contributed by atoms with Crippen molar-refractivity contribution in [3.63, 3.8) is 0 Å². The Morgan fingerprint density at radius 2 is 2.00 bits per heavy atom. The first-order valence-corrected chi connectivity index (χ1v) is 8.30. The topological polar surface area (TPSA) is 42.1 Å². The highest BCUT2D eigenvalue weighted by Gasteiger charge is 2.15. The van der Waals surface area contributed by atoms with E-state index >= 15 is 0 Å². The highest BCUT2D eigenvalue weighted by atomic mass is 35.5. The van der Waals surface area contributed by atoms with Crippen LogP contribution in [0.4, 0.5) is 5.13 Å². The SMILES string of the molecule is CCCCCCCN1CCC=C(c2csc(N)n2)C1.Cl.Cl. The summed E-state index contributed by atoms with van der Waals surface area (Å²) in [5.74, 6) is 0. The molecule has 0 radical (unpaired) electrons. The van der Waals surface area contributed by atoms with Crippen molar-refractivity contribution in [3.05, 3.63) is 17.2 Å². The van der Waals surface area contributed by atoms with Crippen LogP contribution < -0.4 is 5.73 Å². The number of halogens is 2. The number of thiazole rings is 1. The summed E-state index contributed by atoms with van der Waals surface area (Å²) in [6.07, 6.45) is 10.2. The molecule has 3 nitrogen and oxygen atoms in total. The Morgan fingerprint density at radius 1 is 1.24 bits per heavy atom. The molecular formula is C15H27Cl2N3S. The average molecular weight is 352 g/mol. The summed E-state index contributed by atoms with van der Waals surface area (Å²) in [5.41, 5.74) is 8.15. The summed E-state index contributed by atoms with van der Waals surface area (Å²) >= 11 is 1.53. The summed E-state index contributed by atoms with van der Waals surface area (Å²) in [5, 5.41) is 2.75. The smallest absolute Gasteiger partial charge is 0.180 e. The minimum Gasteiger partial charge on any atom is -0.375 e. The third-order valence-electron chi connectivity index (χ3n) is 3.66. The molecule has 122 valence electrons. The molecular weight excluding hydrogens is 325 g/mol. The van der Waals surface area contributed by atoms with Gasteiger partial charge in [0.05, 0.1) is 5.69 Å². The van der Waals surface area contributed by atoms with Crippen molar-refractivity contribution >= 4 is 46.9 Å². The quantitative estimate of drug-likeness (QED) is 0.728. The fourth-order valence-electron chi connectivity index (χ4n) is 2.56. The molecule has 0 saturated heterocycles. The van der Waals surface area contributed by atoms with Gasteiger partial charge >= 0.3 is 0 Å². The van der Waals surface area contributed by atoms with Gasteiger partial charge in [0.25, 0.3) is 0 Å². The monoisotopic (exact) mass is 351 g/mol. The van der Waals surface area contributed by atoms with Crippen molar-refractivity contribution in [2.75, 3.05) is 25.4 Å². The molecule has 2 N–H and O–H groups in total. The highest BCUT2D eigenvalue weighted by Crippen LogP contribution is 2.23. The van der Waals surface area contributed by atoms with Crippen molar-refractivity contribution in [2.24, 2.45) is 0 Å². The lowest BCUT2D eigenvalue weighted by molar-refractivity contribution is 0.296. The van der Waals surface area contributed by atoms with Gasteiger partial charge in [0, 0.05) is 18.5 Å². The predicted molar refractivity (Wildman–Crippen MR) is 98.8 cm³/mol. The summed E-state index contributed by atoms with van der Waals surface area (Å²) in [6.45, 7) is 5.72. The molecule has 1 aliphatic rings. The maximum atomic E-state index is 5.71. The molecule has 1 aromatic rings. The van der Waals surface area contributed by atoms with Crippen LogP contribution >= 0.6 is 36.2 Å². The molecule has 2 heterocycles. The van der Waals surface area contributed by atoms with E-state index in [1.54, 1.807) is 0 Å². The van der Waals surface area contributed by atoms with E-state index in [1.165, 1.54) is 62.1 Å². The maximum Gasteiger partial charge on any atom is 0.180 e. The third kappa shape index (κ3) is 7.00. The van der Waals surface area contributed by atoms with Crippen molar-refractivity contribution < 1.29 is 0 Å². The van der Waals surface area contributed by atoms with E-state index in [9.17, 15) is 0 Å². The minimum atomic E-state index is 0. The summed E-state index contributed by atoms with van der Waals surface area (Å²) in [7, 11) is 0. The number of hydrogen-bond donors (Lipinski definition) is 1. The lowest BCUT2D eigenvalue weighted by Crippen LogP contribution is -2.30. The number of anilines is 1. The molecule has 0 unspecified atom stereocenters. The van der Waals surface area contributed by atoms with Crippen LogP contribution in [0.1, 0.15) is 51.1 Å². The Labute approximate surface area is 144 Å². The first kappa shape index (κ1) is 20.7. The summed E-state index contributed by atoms with van der Waals surface area (Å²) in [4.78, 5) is 6.94. The first-order chi connectivity index (χ1) is 9.29. The van der Waals surface area contributed by atoms with Gasteiger partial charge in [-0.05, 0) is 25.0 Å². The molecule has 2 rings (SSSR count). The number of hydrogen-bond acceptors (Lipinski definition) is 4. The van der Waals surface area contributed by atoms with Gasteiger partial charge in [-0.3, -0.25) is 4.90 Å². The fraction of sp³-hybridized carbons (Fsp3) is 0.667. The zero-order chi connectivity index (χ0) is 13.5. The highest BCUT2D eigenvalue weighted by molar-refractivity contribution is 7.13. The van der Waals surface area contributed by atoms with Gasteiger partial charge < -0.3 is 5.73 Å². The first-order valence-electron chi connectivity index (χ1n) is 7.42. The fourth-order valence-corrected chi connectivity index (χ4v) is 3.14. The second kappa shape index (κ2) is 11.3. The van der Waals surface area contributed by atoms with E-state index in [4.69, 9.17) is 5.73 Å². The van der Waals surface area contributed by atoms with E-state index in [0.717, 1.165) is 18.7 Å². The Morgan fingerprint density at radius 3 is 2.67 bits per heavy atom. The van der Waals surface area contributed by atoms with Gasteiger partial charge in [-0.2, -0.15) is 0 Å². The van der Waals surface area contributed by atoms with E-state index in [2.05, 4.69) is 28.3 Å². The Hall–Kier alpha value is -0.290. The third-order valence-corrected chi connectivity index (χ3v) is 4.33. The van der Waals surface area contributed by atoms with Crippen LogP contribution in [-0.4, -0.2) is 29.5 Å². The van der Waals surface area contributed by atoms with Crippen molar-refractivity contribution in [1.82, 2.24) is 9.88 Å². The van der Waals surface area contributed by atoms with Crippen molar-refractivity contribution in [2.45, 2.75) is 45.4 Å². The Kier molecular flexibility index (Phi) is 11.1. The van der Waals surface area contributed by atoms with Gasteiger partial charge in [-0.25, -0.2) is 4.98 Å². The van der Waals surface area contributed by atoms with Gasteiger partial charge in [0.2, 0.25) is 0 Å². The molecule has 21 heavy (non-hydrogen) atoms. The Bertz CT molecular complexity index is 421. The standard InChI is InChI=1S/C15H25N3S.2ClH/c1-2-3-4-5-6-9-18-10-7-8-13(11-18)14-12-19-15(16)17-14;;/h8,12H,2-7,9-11H2,1H3,(H2,16,17);2*1H. The number of rotatable bonds is 7. The van der Waals surface area contributed by atoms with E-state index in [0.29, 0.717) is 5.13 Å². The number of nitrogens with zero attached hydrogens (tertiary/aromatic N) is 2. The number of unbranched alkanes of at least 4 members (excludes halogenated alkanes) is 4. The van der Waals surface area contributed by atoms with E-state index in [1.807, 2.05) is 0 Å². The number of nitrogen functional groups attached to an aromatic ring is 1. The van der Waals surface area contributed by atoms with Crippen LogP contribution in [0.2, 0.25) is 0 Å². The maximum absolute atomic E-state index is 5.71. The number of aromatic nitrogens is 1. The Balaban J connectivity index is 0.00000200. The second-order valence-corrected chi connectivity index (χ2v) is 6.17. The molecule has 0 bridgehead atoms. The average Bonchev–Trinajstić information content (AvgIpc) is 2.86. The lowest BCUT2D eigenvalue weighted by Gasteiger charge is -2.26. The van der Waals surface area contributed by atoms with Crippen LogP contribution in [0.5, 0.6) is 0 Å². The minimum absolute atomic E-state index is 0. The van der Waals surface area contributed by atoms with Gasteiger partial charge in [0.15, 0.2) is 5.13 Å². The molecule has 6 heteroatoms. The largest absolute Gasteiger partial charge is 0.375 e. The van der Waals surface area contributed by atoms with Gasteiger partial charge in [-0.15, -0.1) is 36.2 Å². The molecule has 0 spiro atoms. The van der Waals surface area contributed by atoms with E-state index in [-0.39, 0.29) is 24.8 Å². The van der Waals surface area contributed by atoms with Crippen LogP contribution in [-0.2, 0) is 0 Å². The van der Waals surface area contributed by atoms with Crippen LogP contribution in [0.25, 0.3) is 5.57 Å². The lowest BCUT2D eigenvalue weighted by atomic mass is 10.1. The molecule has 0 aliphatic carbocycles. The molecule has 0 amide bonds. The predicted octanol–water partition coefficient (Wildman–Crippen LogP) is 4.63. The van der Waals surface area contributed by atoms with E-state index < -0.39 is 0 Å². The van der Waals surface area contributed by atoms with Crippen LogP contribution in [0.15, 0.2) is 11.5 Å². The molecule has 0 fully saturated rings. The molecule has 0 atom stereocenters. The number of nitrogens with two attached hydrogens (primary N) is 1. The normalized spacial score (nSPS) is 15.0. The van der Waals surface area contributed by atoms with Crippen molar-refractivity contribution in [3.8, 4) is 0 Å². The van der Waals surface area contributed by atoms with Crippen molar-refractivity contribution in [1.29, 1.82) is 0 Å². The van der Waals surface area contributed by atoms with Crippen LogP contribution in [0.3, 0.4) is 0 Å². The summed E-state index contributed by atoms with van der Waals surface area (Å²) < 4.78 is 0. The molecule has 1 aliphatic heterocycles. The molecule has 1 aromatic heterocycles. The molecule has 0 aromatic carbocycles. The zero-order valence-corrected chi connectivity index (χ0v) is 15.2. The van der Waals surface area contributed by atoms with Gasteiger partial charge in [0.1, 0.15) is 0 Å². The molecule has 0 saturated carbocycles.